The van der Waals surface area contributed by atoms with Crippen molar-refractivity contribution >= 4 is 19.6 Å². The first-order valence-corrected chi connectivity index (χ1v) is 7.23. The largest absolute Gasteiger partial charge is 0.360 e. The summed E-state index contributed by atoms with van der Waals surface area (Å²) in [6.07, 6.45) is 1.73. The molecule has 7 heteroatoms. The van der Waals surface area contributed by atoms with Gasteiger partial charge in [0.2, 0.25) is 0 Å². The zero-order valence-electron chi connectivity index (χ0n) is 8.65. The molecule has 14 heavy (non-hydrogen) atoms. The lowest BCUT2D eigenvalue weighted by Crippen LogP contribution is -2.21. The van der Waals surface area contributed by atoms with Crippen LogP contribution in [0.1, 0.15) is 6.42 Å². The molecule has 0 aromatic rings. The van der Waals surface area contributed by atoms with E-state index in [1.165, 1.54) is 0 Å². The van der Waals surface area contributed by atoms with Crippen LogP contribution in [-0.4, -0.2) is 50.9 Å². The summed E-state index contributed by atoms with van der Waals surface area (Å²) in [6.45, 7) is 0.228. The van der Waals surface area contributed by atoms with Crippen molar-refractivity contribution in [3.05, 3.63) is 0 Å². The van der Waals surface area contributed by atoms with Gasteiger partial charge in [0, 0.05) is 14.2 Å². The molecule has 0 aliphatic carbocycles. The predicted molar refractivity (Wildman–Crippen MR) is 53.8 cm³/mol. The third-order valence-electron chi connectivity index (χ3n) is 1.36. The van der Waals surface area contributed by atoms with E-state index in [0.717, 1.165) is 12.3 Å². The normalized spacial score (nSPS) is 12.3. The molecular formula is C7H16O5SSi. The number of ether oxygens (including phenoxy) is 2. The first-order valence-electron chi connectivity index (χ1n) is 4.13. The van der Waals surface area contributed by atoms with E-state index in [1.807, 2.05) is 0 Å². The fourth-order valence-electron chi connectivity index (χ4n) is 0.765. The zero-order valence-corrected chi connectivity index (χ0v) is 10.5. The average Bonchev–Trinajstić information content (AvgIpc) is 2.09. The number of methoxy groups -OCH3 is 2. The summed E-state index contributed by atoms with van der Waals surface area (Å²) in [7, 11) is 0.357. The summed E-state index contributed by atoms with van der Waals surface area (Å²) in [6, 6.07) is 0.835. The summed E-state index contributed by atoms with van der Waals surface area (Å²) < 4.78 is 35.7. The quantitative estimate of drug-likeness (QED) is 0.260. The second-order valence-electron chi connectivity index (χ2n) is 2.64. The maximum absolute atomic E-state index is 10.6. The molecule has 0 heterocycles. The first-order chi connectivity index (χ1) is 6.49. The third kappa shape index (κ3) is 8.64. The molecule has 0 aromatic carbocycles. The second kappa shape index (κ2) is 7.35. The summed E-state index contributed by atoms with van der Waals surface area (Å²) in [4.78, 5) is 0. The third-order valence-corrected chi connectivity index (χ3v) is 3.40. The van der Waals surface area contributed by atoms with Crippen LogP contribution in [0.3, 0.4) is 0 Å². The minimum atomic E-state index is -3.30. The summed E-state index contributed by atoms with van der Waals surface area (Å²) in [5.74, 6) is -0.187. The van der Waals surface area contributed by atoms with Crippen LogP contribution in [0.5, 0.6) is 0 Å². The van der Waals surface area contributed by atoms with Gasteiger partial charge in [-0.2, -0.15) is 8.42 Å². The zero-order chi connectivity index (χ0) is 11.0. The minimum absolute atomic E-state index is 0.187. The van der Waals surface area contributed by atoms with Crippen molar-refractivity contribution in [2.75, 3.05) is 27.1 Å². The molecule has 0 bridgehead atoms. The number of hydrogen-bond donors (Lipinski definition) is 0. The fourth-order valence-corrected chi connectivity index (χ4v) is 2.10. The van der Waals surface area contributed by atoms with Gasteiger partial charge < -0.3 is 9.47 Å². The van der Waals surface area contributed by atoms with Crippen LogP contribution in [-0.2, 0) is 23.8 Å². The van der Waals surface area contributed by atoms with Crippen molar-refractivity contribution < 1.29 is 22.1 Å². The Labute approximate surface area is 87.7 Å². The molecule has 0 atom stereocenters. The van der Waals surface area contributed by atoms with Crippen molar-refractivity contribution in [1.29, 1.82) is 0 Å². The van der Waals surface area contributed by atoms with Gasteiger partial charge in [-0.15, -0.1) is 0 Å². The van der Waals surface area contributed by atoms with Crippen LogP contribution < -0.4 is 0 Å². The van der Waals surface area contributed by atoms with E-state index < -0.39 is 10.1 Å². The highest BCUT2D eigenvalue weighted by atomic mass is 32.2. The summed E-state index contributed by atoms with van der Waals surface area (Å²) in [5.41, 5.74) is 0. The van der Waals surface area contributed by atoms with Crippen LogP contribution in [0.25, 0.3) is 0 Å². The van der Waals surface area contributed by atoms with Gasteiger partial charge in [0.25, 0.3) is 10.1 Å². The van der Waals surface area contributed by atoms with Crippen molar-refractivity contribution in [3.8, 4) is 0 Å². The van der Waals surface area contributed by atoms with E-state index in [9.17, 15) is 8.42 Å². The molecule has 0 aromatic heterocycles. The lowest BCUT2D eigenvalue weighted by molar-refractivity contribution is -0.0441. The van der Waals surface area contributed by atoms with Crippen LogP contribution >= 0.6 is 0 Å². The highest BCUT2D eigenvalue weighted by Crippen LogP contribution is 1.98. The number of hydrogen-bond acceptors (Lipinski definition) is 5. The van der Waals surface area contributed by atoms with Gasteiger partial charge in [-0.25, -0.2) is 0 Å². The molecular weight excluding hydrogens is 224 g/mol. The van der Waals surface area contributed by atoms with E-state index >= 15 is 0 Å². The first kappa shape index (κ1) is 14.0. The minimum Gasteiger partial charge on any atom is -0.360 e. The van der Waals surface area contributed by atoms with Gasteiger partial charge in [-0.3, -0.25) is 4.18 Å². The molecule has 0 amide bonds. The molecule has 0 saturated carbocycles. The lowest BCUT2D eigenvalue weighted by Gasteiger charge is -2.11. The Hall–Kier alpha value is 0.0469. The molecule has 2 radical (unpaired) electrons. The van der Waals surface area contributed by atoms with Gasteiger partial charge in [-0.1, -0.05) is 6.04 Å². The fraction of sp³-hybridized carbons (Fsp3) is 1.00. The lowest BCUT2D eigenvalue weighted by atomic mass is 10.5. The maximum Gasteiger partial charge on any atom is 0.264 e. The Kier molecular flexibility index (Phi) is 7.38. The van der Waals surface area contributed by atoms with Crippen LogP contribution in [0.4, 0.5) is 0 Å². The Bertz CT molecular complexity index is 224. The standard InChI is InChI=1S/C7H16O5SSi/c1-10-7(11-2)14-6-4-5-12-13(3,8)9/h7H,4-6H2,1-3H3. The smallest absolute Gasteiger partial charge is 0.264 e. The molecule has 0 aliphatic heterocycles. The van der Waals surface area contributed by atoms with Gasteiger partial charge in [0.05, 0.1) is 12.9 Å². The molecule has 84 valence electrons. The van der Waals surface area contributed by atoms with Crippen LogP contribution in [0, 0.1) is 0 Å². The average molecular weight is 240 g/mol. The molecule has 0 spiro atoms. The highest BCUT2D eigenvalue weighted by molar-refractivity contribution is 7.85. The van der Waals surface area contributed by atoms with E-state index in [1.54, 1.807) is 14.2 Å². The van der Waals surface area contributed by atoms with Crippen LogP contribution in [0.15, 0.2) is 0 Å². The van der Waals surface area contributed by atoms with Gasteiger partial charge >= 0.3 is 0 Å². The van der Waals surface area contributed by atoms with Crippen molar-refractivity contribution in [1.82, 2.24) is 0 Å². The van der Waals surface area contributed by atoms with Gasteiger partial charge in [0.15, 0.2) is 0 Å². The van der Waals surface area contributed by atoms with E-state index in [0.29, 0.717) is 15.9 Å². The second-order valence-corrected chi connectivity index (χ2v) is 5.66. The SMILES string of the molecule is COC(OC)[Si]CCCOS(C)(=O)=O. The Morgan fingerprint density at radius 3 is 2.29 bits per heavy atom. The van der Waals surface area contributed by atoms with E-state index in [2.05, 4.69) is 4.18 Å². The molecule has 0 saturated heterocycles. The Morgan fingerprint density at radius 2 is 1.86 bits per heavy atom. The van der Waals surface area contributed by atoms with Crippen molar-refractivity contribution in [3.63, 3.8) is 0 Å². The molecule has 0 rings (SSSR count). The molecule has 0 N–H and O–H groups in total. The highest BCUT2D eigenvalue weighted by Gasteiger charge is 2.06. The Morgan fingerprint density at radius 1 is 1.29 bits per heavy atom. The van der Waals surface area contributed by atoms with Crippen LogP contribution in [0.2, 0.25) is 6.04 Å². The van der Waals surface area contributed by atoms with E-state index in [4.69, 9.17) is 9.47 Å². The molecule has 0 fully saturated rings. The monoisotopic (exact) mass is 240 g/mol. The van der Waals surface area contributed by atoms with Gasteiger partial charge in [0.1, 0.15) is 15.4 Å². The maximum atomic E-state index is 10.6. The molecule has 5 nitrogen and oxygen atoms in total. The topological polar surface area (TPSA) is 61.8 Å². The molecule has 0 unspecified atom stereocenters. The van der Waals surface area contributed by atoms with Crippen molar-refractivity contribution in [2.24, 2.45) is 0 Å². The summed E-state index contributed by atoms with van der Waals surface area (Å²) >= 11 is 0. The number of rotatable bonds is 8. The predicted octanol–water partition coefficient (Wildman–Crippen LogP) is 0.0516. The van der Waals surface area contributed by atoms with E-state index in [-0.39, 0.29) is 12.5 Å². The Balaban J connectivity index is 3.38. The van der Waals surface area contributed by atoms with Gasteiger partial charge in [-0.05, 0) is 6.42 Å². The van der Waals surface area contributed by atoms with Crippen molar-refractivity contribution in [2.45, 2.75) is 18.4 Å². The summed E-state index contributed by atoms with van der Waals surface area (Å²) in [5, 5.41) is 0. The molecule has 0 aliphatic rings.